The molecule has 2 fully saturated rings. The highest BCUT2D eigenvalue weighted by atomic mass is 19.4. The Morgan fingerprint density at radius 1 is 1.04 bits per heavy atom. The molecule has 0 amide bonds. The maximum atomic E-state index is 14.4. The van der Waals surface area contributed by atoms with Crippen molar-refractivity contribution in [2.45, 2.75) is 25.4 Å². The molecule has 0 bridgehead atoms. The van der Waals surface area contributed by atoms with Crippen LogP contribution in [-0.4, -0.2) is 89.9 Å². The van der Waals surface area contributed by atoms with Crippen molar-refractivity contribution in [3.63, 3.8) is 0 Å². The molecule has 0 spiro atoms. The van der Waals surface area contributed by atoms with Gasteiger partial charge in [0.15, 0.2) is 11.5 Å². The number of H-pyrrole nitrogens is 1. The molecule has 45 heavy (non-hydrogen) atoms. The van der Waals surface area contributed by atoms with Gasteiger partial charge in [-0.1, -0.05) is 6.42 Å². The summed E-state index contributed by atoms with van der Waals surface area (Å²) in [5.74, 6) is 0.102. The largest absolute Gasteiger partial charge is 0.416 e. The van der Waals surface area contributed by atoms with Crippen molar-refractivity contribution >= 4 is 22.7 Å². The third-order valence-electron chi connectivity index (χ3n) is 8.68. The van der Waals surface area contributed by atoms with Gasteiger partial charge in [-0.05, 0) is 37.1 Å². The lowest BCUT2D eigenvalue weighted by Gasteiger charge is -2.44. The summed E-state index contributed by atoms with van der Waals surface area (Å²) in [6.07, 6.45) is 1.65. The number of rotatable bonds is 9. The zero-order chi connectivity index (χ0) is 31.8. The monoisotopic (exact) mass is 623 g/mol. The molecule has 14 heteroatoms. The first-order valence-electron chi connectivity index (χ1n) is 14.7. The van der Waals surface area contributed by atoms with E-state index in [1.165, 1.54) is 0 Å². The number of imidazole rings is 1. The Labute approximate surface area is 257 Å². The molecule has 10 nitrogen and oxygen atoms in total. The van der Waals surface area contributed by atoms with E-state index in [2.05, 4.69) is 40.8 Å². The Morgan fingerprint density at radius 2 is 1.82 bits per heavy atom. The number of fused-ring (bicyclic) bond motifs is 1. The molecule has 1 aliphatic heterocycles. The van der Waals surface area contributed by atoms with Crippen molar-refractivity contribution in [3.8, 4) is 28.8 Å². The van der Waals surface area contributed by atoms with Crippen LogP contribution in [-0.2, 0) is 10.9 Å². The fraction of sp³-hybridized carbons (Fsp3) is 0.452. The number of alkyl halides is 3. The van der Waals surface area contributed by atoms with E-state index >= 15 is 0 Å². The maximum absolute atomic E-state index is 14.4. The van der Waals surface area contributed by atoms with Gasteiger partial charge in [0.25, 0.3) is 0 Å². The smallest absolute Gasteiger partial charge is 0.384 e. The van der Waals surface area contributed by atoms with E-state index in [9.17, 15) is 17.6 Å². The number of anilines is 2. The average Bonchev–Trinajstić information content (AvgIpc) is 3.44. The Balaban J connectivity index is 1.36. The minimum atomic E-state index is -4.72. The van der Waals surface area contributed by atoms with Crippen LogP contribution in [0.3, 0.4) is 0 Å². The van der Waals surface area contributed by atoms with Crippen molar-refractivity contribution in [1.29, 1.82) is 5.26 Å². The molecule has 4 aromatic rings. The van der Waals surface area contributed by atoms with Gasteiger partial charge in [0.2, 0.25) is 0 Å². The van der Waals surface area contributed by atoms with E-state index in [4.69, 9.17) is 10.00 Å². The topological polar surface area (TPSA) is 110 Å². The summed E-state index contributed by atoms with van der Waals surface area (Å²) < 4.78 is 60.6. The van der Waals surface area contributed by atoms with Gasteiger partial charge in [-0.3, -0.25) is 4.90 Å². The number of aromatic nitrogens is 5. The number of hydrogen-bond acceptors (Lipinski definition) is 9. The molecule has 1 aliphatic carbocycles. The van der Waals surface area contributed by atoms with Crippen LogP contribution in [0.5, 0.6) is 0 Å². The molecule has 1 aromatic carbocycles. The molecule has 0 unspecified atom stereocenters. The van der Waals surface area contributed by atoms with Gasteiger partial charge in [0.05, 0.1) is 48.6 Å². The number of ether oxygens (including phenoxy) is 1. The van der Waals surface area contributed by atoms with Crippen LogP contribution in [0.1, 0.15) is 24.8 Å². The Bertz CT molecular complexity index is 1710. The zero-order valence-electron chi connectivity index (χ0n) is 25.0. The van der Waals surface area contributed by atoms with Gasteiger partial charge in [-0.15, -0.1) is 0 Å². The average molecular weight is 624 g/mol. The lowest BCUT2D eigenvalue weighted by molar-refractivity contribution is -0.137. The highest BCUT2D eigenvalue weighted by Crippen LogP contribution is 2.43. The fourth-order valence-corrected chi connectivity index (χ4v) is 6.20. The number of nitrogens with one attached hydrogen (secondary N) is 1. The molecule has 1 N–H and O–H groups in total. The van der Waals surface area contributed by atoms with Crippen LogP contribution in [0.15, 0.2) is 36.7 Å². The summed E-state index contributed by atoms with van der Waals surface area (Å²) >= 11 is 0. The molecule has 1 saturated heterocycles. The van der Waals surface area contributed by atoms with Crippen molar-refractivity contribution in [2.24, 2.45) is 5.41 Å². The summed E-state index contributed by atoms with van der Waals surface area (Å²) in [6, 6.07) is 6.26. The van der Waals surface area contributed by atoms with E-state index in [0.29, 0.717) is 54.3 Å². The summed E-state index contributed by atoms with van der Waals surface area (Å²) in [5, 5.41) is 8.95. The lowest BCUT2D eigenvalue weighted by Crippen LogP contribution is -2.46. The van der Waals surface area contributed by atoms with Gasteiger partial charge in [0.1, 0.15) is 22.8 Å². The molecule has 0 radical (unpaired) electrons. The second-order valence-corrected chi connectivity index (χ2v) is 11.9. The molecule has 236 valence electrons. The molecular weight excluding hydrogens is 590 g/mol. The van der Waals surface area contributed by atoms with Gasteiger partial charge in [-0.2, -0.15) is 18.4 Å². The second-order valence-electron chi connectivity index (χ2n) is 11.9. The van der Waals surface area contributed by atoms with E-state index in [1.54, 1.807) is 25.6 Å². The molecule has 4 heterocycles. The number of aromatic amines is 1. The molecule has 0 atom stereocenters. The van der Waals surface area contributed by atoms with E-state index in [-0.39, 0.29) is 22.3 Å². The Hall–Kier alpha value is -4.35. The maximum Gasteiger partial charge on any atom is 0.416 e. The molecule has 1 saturated carbocycles. The molecule has 6 rings (SSSR count). The molecule has 3 aromatic heterocycles. The van der Waals surface area contributed by atoms with Crippen LogP contribution in [0.2, 0.25) is 0 Å². The number of hydrogen-bond donors (Lipinski definition) is 1. The number of nitriles is 1. The van der Waals surface area contributed by atoms with Crippen molar-refractivity contribution < 1.29 is 22.3 Å². The van der Waals surface area contributed by atoms with E-state index < -0.39 is 17.6 Å². The van der Waals surface area contributed by atoms with Crippen molar-refractivity contribution in [1.82, 2.24) is 29.8 Å². The minimum Gasteiger partial charge on any atom is -0.384 e. The number of methoxy groups -OCH3 is 1. The van der Waals surface area contributed by atoms with Gasteiger partial charge >= 0.3 is 6.18 Å². The number of piperazine rings is 1. The van der Waals surface area contributed by atoms with Gasteiger partial charge in [-0.25, -0.2) is 24.3 Å². The summed E-state index contributed by atoms with van der Waals surface area (Å²) in [7, 11) is 3.58. The first-order chi connectivity index (χ1) is 21.6. The van der Waals surface area contributed by atoms with Crippen LogP contribution in [0, 0.1) is 22.6 Å². The van der Waals surface area contributed by atoms with Crippen LogP contribution >= 0.6 is 0 Å². The molecule has 2 aliphatic rings. The number of nitrogens with zero attached hydrogens (tertiary/aromatic N) is 8. The SMILES string of the molecule is COCC1(CN(C)c2cc(-c3cc(F)cc(C(F)(F)F)c3)nc3nc(-c4cnc(N5CCN(CC#N)CC5)cn4)[nH]c23)CCC1. The third-order valence-corrected chi connectivity index (χ3v) is 8.68. The minimum absolute atomic E-state index is 0.00214. The highest BCUT2D eigenvalue weighted by molar-refractivity contribution is 5.91. The lowest BCUT2D eigenvalue weighted by atomic mass is 9.69. The predicted molar refractivity (Wildman–Crippen MR) is 161 cm³/mol. The van der Waals surface area contributed by atoms with E-state index in [0.717, 1.165) is 57.6 Å². The van der Waals surface area contributed by atoms with Gasteiger partial charge in [0, 0.05) is 57.9 Å². The zero-order valence-corrected chi connectivity index (χ0v) is 25.0. The third kappa shape index (κ3) is 6.41. The quantitative estimate of drug-likeness (QED) is 0.200. The Kier molecular flexibility index (Phi) is 8.32. The molecular formula is C31H33F4N9O. The number of benzene rings is 1. The normalized spacial score (nSPS) is 16.9. The second kappa shape index (κ2) is 12.2. The predicted octanol–water partition coefficient (Wildman–Crippen LogP) is 5.14. The number of halogens is 4. The van der Waals surface area contributed by atoms with Crippen molar-refractivity contribution in [2.75, 3.05) is 69.8 Å². The van der Waals surface area contributed by atoms with Crippen LogP contribution in [0.25, 0.3) is 33.9 Å². The van der Waals surface area contributed by atoms with Crippen molar-refractivity contribution in [3.05, 3.63) is 48.0 Å². The van der Waals surface area contributed by atoms with Gasteiger partial charge < -0.3 is 19.5 Å². The highest BCUT2D eigenvalue weighted by Gasteiger charge is 2.38. The Morgan fingerprint density at radius 3 is 2.44 bits per heavy atom. The first kappa shape index (κ1) is 30.7. The standard InChI is InChI=1S/C31H33F4N9O/c1-42(18-30(19-45-2)4-3-5-30)25-15-23(20-12-21(31(33,34)35)14-22(32)13-20)39-29-27(25)40-28(41-29)24-16-38-26(17-37-24)44-10-8-43(7-6-36)9-11-44/h12-17H,3-5,7-11,18-19H2,1-2H3,(H,39,40,41). The van der Waals surface area contributed by atoms with E-state index in [1.807, 2.05) is 11.9 Å². The van der Waals surface area contributed by atoms with Crippen LogP contribution < -0.4 is 9.80 Å². The van der Waals surface area contributed by atoms with Crippen LogP contribution in [0.4, 0.5) is 29.1 Å². The fourth-order valence-electron chi connectivity index (χ4n) is 6.20. The summed E-state index contributed by atoms with van der Waals surface area (Å²) in [4.78, 5) is 27.9. The summed E-state index contributed by atoms with van der Waals surface area (Å²) in [5.41, 5.74) is 0.991. The number of pyridine rings is 1. The first-order valence-corrected chi connectivity index (χ1v) is 14.7. The summed E-state index contributed by atoms with van der Waals surface area (Å²) in [6.45, 7) is 4.58.